The number of fused-ring (bicyclic) bond motifs is 1. The largest absolute Gasteiger partial charge is 0.488 e. The Hall–Kier alpha value is -4.22. The van der Waals surface area contributed by atoms with Gasteiger partial charge in [-0.1, -0.05) is 48.0 Å². The topological polar surface area (TPSA) is 93.0 Å². The second-order valence-corrected chi connectivity index (χ2v) is 10.0. The second-order valence-electron chi connectivity index (χ2n) is 9.63. The van der Waals surface area contributed by atoms with E-state index in [9.17, 15) is 10.4 Å². The zero-order chi connectivity index (χ0) is 28.6. The van der Waals surface area contributed by atoms with Crippen LogP contribution in [0.4, 0.5) is 0 Å². The predicted molar refractivity (Wildman–Crippen MR) is 158 cm³/mol. The van der Waals surface area contributed by atoms with E-state index in [1.54, 1.807) is 18.2 Å². The predicted octanol–water partition coefficient (Wildman–Crippen LogP) is 6.20. The summed E-state index contributed by atoms with van der Waals surface area (Å²) in [7, 11) is 0. The van der Waals surface area contributed by atoms with Crippen molar-refractivity contribution in [1.82, 2.24) is 5.32 Å². The molecule has 8 heteroatoms. The molecule has 0 aromatic heterocycles. The minimum absolute atomic E-state index is 0.0245. The van der Waals surface area contributed by atoms with Crippen molar-refractivity contribution in [3.05, 3.63) is 106 Å². The molecule has 0 atom stereocenters. The fourth-order valence-electron chi connectivity index (χ4n) is 4.67. The average molecular weight is 571 g/mol. The Bertz CT molecular complexity index is 1570. The molecule has 0 saturated carbocycles. The van der Waals surface area contributed by atoms with Gasteiger partial charge in [0, 0.05) is 24.7 Å². The number of aliphatic hydroxyl groups is 1. The lowest BCUT2D eigenvalue weighted by Crippen LogP contribution is -2.18. The van der Waals surface area contributed by atoms with Gasteiger partial charge in [0.15, 0.2) is 11.5 Å². The van der Waals surface area contributed by atoms with Crippen LogP contribution in [0, 0.1) is 18.3 Å². The fraction of sp³-hybridized carbons (Fsp3) is 0.242. The van der Waals surface area contributed by atoms with Crippen molar-refractivity contribution in [2.75, 3.05) is 26.4 Å². The first-order chi connectivity index (χ1) is 20.1. The highest BCUT2D eigenvalue weighted by Gasteiger charge is 2.16. The molecule has 210 valence electrons. The lowest BCUT2D eigenvalue weighted by Gasteiger charge is -2.20. The molecule has 0 amide bonds. The van der Waals surface area contributed by atoms with Crippen LogP contribution in [-0.2, 0) is 19.8 Å². The normalized spacial score (nSPS) is 12.0. The minimum atomic E-state index is 0.0245. The van der Waals surface area contributed by atoms with Crippen LogP contribution in [0.2, 0.25) is 5.02 Å². The maximum absolute atomic E-state index is 9.22. The van der Waals surface area contributed by atoms with E-state index in [4.69, 9.17) is 30.5 Å². The standard InChI is InChI=1S/C33H31ClN2O5/c1-22-26(6-3-7-28(22)25-8-9-30-33(16-25)39-13-12-38-30)21-41-32-17-31(27(15-29(32)34)19-36-10-11-37)40-20-24-5-2-4-23(14-24)18-35/h2-9,14-17,36-37H,10-13,19-21H2,1H3. The molecule has 0 saturated heterocycles. The SMILES string of the molecule is Cc1c(COc2cc(OCc3cccc(C#N)c3)c(CNCCO)cc2Cl)cccc1-c1ccc2c(c1)OCCO2. The number of halogens is 1. The number of hydrogen-bond donors (Lipinski definition) is 2. The molecule has 4 aromatic rings. The first-order valence-corrected chi connectivity index (χ1v) is 13.8. The Balaban J connectivity index is 1.35. The number of nitrogens with one attached hydrogen (secondary N) is 1. The molecule has 2 N–H and O–H groups in total. The maximum atomic E-state index is 9.22. The summed E-state index contributed by atoms with van der Waals surface area (Å²) in [6.07, 6.45) is 0. The minimum Gasteiger partial charge on any atom is -0.488 e. The van der Waals surface area contributed by atoms with Crippen LogP contribution in [0.1, 0.15) is 27.8 Å². The van der Waals surface area contributed by atoms with E-state index in [1.165, 1.54) is 0 Å². The highest BCUT2D eigenvalue weighted by molar-refractivity contribution is 6.32. The number of hydrogen-bond acceptors (Lipinski definition) is 7. The van der Waals surface area contributed by atoms with Gasteiger partial charge in [-0.15, -0.1) is 0 Å². The molecule has 0 bridgehead atoms. The monoisotopic (exact) mass is 570 g/mol. The Kier molecular flexibility index (Phi) is 9.27. The summed E-state index contributed by atoms with van der Waals surface area (Å²) < 4.78 is 23.9. The highest BCUT2D eigenvalue weighted by Crippen LogP contribution is 2.37. The summed E-state index contributed by atoms with van der Waals surface area (Å²) in [5, 5.41) is 22.0. The molecular formula is C33H31ClN2O5. The van der Waals surface area contributed by atoms with E-state index < -0.39 is 0 Å². The van der Waals surface area contributed by atoms with E-state index >= 15 is 0 Å². The fourth-order valence-corrected chi connectivity index (χ4v) is 4.91. The molecule has 0 radical (unpaired) electrons. The van der Waals surface area contributed by atoms with E-state index in [-0.39, 0.29) is 13.2 Å². The highest BCUT2D eigenvalue weighted by atomic mass is 35.5. The van der Waals surface area contributed by atoms with Gasteiger partial charge in [-0.05, 0) is 65.1 Å². The van der Waals surface area contributed by atoms with Crippen molar-refractivity contribution in [3.8, 4) is 40.2 Å². The first-order valence-electron chi connectivity index (χ1n) is 13.4. The summed E-state index contributed by atoms with van der Waals surface area (Å²) in [6.45, 7) is 4.70. The van der Waals surface area contributed by atoms with Crippen LogP contribution in [0.15, 0.2) is 72.8 Å². The second kappa shape index (κ2) is 13.4. The Morgan fingerprint density at radius 2 is 1.71 bits per heavy atom. The lowest BCUT2D eigenvalue weighted by atomic mass is 9.96. The smallest absolute Gasteiger partial charge is 0.161 e. The molecule has 1 aliphatic rings. The summed E-state index contributed by atoms with van der Waals surface area (Å²) in [6, 6.07) is 25.2. The number of ether oxygens (including phenoxy) is 4. The van der Waals surface area contributed by atoms with Gasteiger partial charge in [-0.2, -0.15) is 5.26 Å². The zero-order valence-electron chi connectivity index (χ0n) is 22.8. The van der Waals surface area contributed by atoms with Crippen molar-refractivity contribution in [2.24, 2.45) is 0 Å². The first kappa shape index (κ1) is 28.3. The molecular weight excluding hydrogens is 540 g/mol. The average Bonchev–Trinajstić information content (AvgIpc) is 3.00. The van der Waals surface area contributed by atoms with Crippen LogP contribution in [0.3, 0.4) is 0 Å². The number of aliphatic hydroxyl groups excluding tert-OH is 1. The van der Waals surface area contributed by atoms with Crippen molar-refractivity contribution in [1.29, 1.82) is 5.26 Å². The van der Waals surface area contributed by atoms with Crippen LogP contribution in [0.25, 0.3) is 11.1 Å². The number of nitrogens with zero attached hydrogens (tertiary/aromatic N) is 1. The van der Waals surface area contributed by atoms with Crippen molar-refractivity contribution in [3.63, 3.8) is 0 Å². The van der Waals surface area contributed by atoms with Gasteiger partial charge in [0.2, 0.25) is 0 Å². The van der Waals surface area contributed by atoms with Gasteiger partial charge < -0.3 is 29.4 Å². The Labute approximate surface area is 244 Å². The molecule has 0 spiro atoms. The van der Waals surface area contributed by atoms with Gasteiger partial charge >= 0.3 is 0 Å². The van der Waals surface area contributed by atoms with Crippen molar-refractivity contribution in [2.45, 2.75) is 26.7 Å². The summed E-state index contributed by atoms with van der Waals surface area (Å²) in [5.41, 5.74) is 6.54. The molecule has 0 aliphatic carbocycles. The molecule has 1 heterocycles. The molecule has 41 heavy (non-hydrogen) atoms. The molecule has 0 unspecified atom stereocenters. The summed E-state index contributed by atoms with van der Waals surface area (Å²) in [4.78, 5) is 0. The van der Waals surface area contributed by atoms with Gasteiger partial charge in [-0.3, -0.25) is 0 Å². The van der Waals surface area contributed by atoms with Crippen LogP contribution >= 0.6 is 11.6 Å². The van der Waals surface area contributed by atoms with Gasteiger partial charge in [-0.25, -0.2) is 0 Å². The lowest BCUT2D eigenvalue weighted by molar-refractivity contribution is 0.171. The molecule has 5 rings (SSSR count). The van der Waals surface area contributed by atoms with E-state index in [2.05, 4.69) is 24.4 Å². The number of nitriles is 1. The molecule has 1 aliphatic heterocycles. The molecule has 4 aromatic carbocycles. The maximum Gasteiger partial charge on any atom is 0.161 e. The van der Waals surface area contributed by atoms with E-state index in [0.29, 0.717) is 55.0 Å². The number of rotatable bonds is 11. The third-order valence-electron chi connectivity index (χ3n) is 6.85. The molecule has 7 nitrogen and oxygen atoms in total. The summed E-state index contributed by atoms with van der Waals surface area (Å²) >= 11 is 6.65. The van der Waals surface area contributed by atoms with Crippen molar-refractivity contribution < 1.29 is 24.1 Å². The van der Waals surface area contributed by atoms with Crippen LogP contribution < -0.4 is 24.3 Å². The Morgan fingerprint density at radius 3 is 2.54 bits per heavy atom. The zero-order valence-corrected chi connectivity index (χ0v) is 23.5. The van der Waals surface area contributed by atoms with E-state index in [0.717, 1.165) is 44.9 Å². The van der Waals surface area contributed by atoms with Gasteiger partial charge in [0.05, 0.1) is 23.3 Å². The van der Waals surface area contributed by atoms with Gasteiger partial charge in [0.1, 0.15) is 37.9 Å². The number of benzene rings is 4. The summed E-state index contributed by atoms with van der Waals surface area (Å²) in [5.74, 6) is 2.63. The van der Waals surface area contributed by atoms with E-state index in [1.807, 2.05) is 48.5 Å². The third kappa shape index (κ3) is 6.93. The molecule has 0 fully saturated rings. The Morgan fingerprint density at radius 1 is 0.902 bits per heavy atom. The van der Waals surface area contributed by atoms with Crippen LogP contribution in [0.5, 0.6) is 23.0 Å². The van der Waals surface area contributed by atoms with Crippen LogP contribution in [-0.4, -0.2) is 31.5 Å². The third-order valence-corrected chi connectivity index (χ3v) is 7.15. The van der Waals surface area contributed by atoms with Crippen molar-refractivity contribution >= 4 is 11.6 Å². The quantitative estimate of drug-likeness (QED) is 0.207. The van der Waals surface area contributed by atoms with Gasteiger partial charge in [0.25, 0.3) is 0 Å².